The fourth-order valence-corrected chi connectivity index (χ4v) is 4.93. The molecular weight excluding hydrogens is 424 g/mol. The summed E-state index contributed by atoms with van der Waals surface area (Å²) in [6.07, 6.45) is 3.02. The van der Waals surface area contributed by atoms with Gasteiger partial charge in [-0.15, -0.1) is 0 Å². The molecule has 178 valence electrons. The third kappa shape index (κ3) is 4.33. The molecule has 3 aliphatic rings. The largest absolute Gasteiger partial charge is 0.467 e. The van der Waals surface area contributed by atoms with Gasteiger partial charge in [0.2, 0.25) is 17.8 Å². The average molecular weight is 457 g/mol. The Bertz CT molecular complexity index is 1030. The molecule has 0 amide bonds. The summed E-state index contributed by atoms with van der Waals surface area (Å²) in [5.74, 6) is 2.34. The van der Waals surface area contributed by atoms with Crippen molar-refractivity contribution in [3.63, 3.8) is 0 Å². The highest BCUT2D eigenvalue weighted by Gasteiger charge is 2.53. The van der Waals surface area contributed by atoms with Gasteiger partial charge in [-0.1, -0.05) is 13.8 Å². The third-order valence-corrected chi connectivity index (χ3v) is 6.63. The van der Waals surface area contributed by atoms with Crippen LogP contribution in [0.3, 0.4) is 0 Å². The summed E-state index contributed by atoms with van der Waals surface area (Å²) in [4.78, 5) is 31.1. The van der Waals surface area contributed by atoms with Gasteiger partial charge in [0.05, 0.1) is 20.3 Å². The van der Waals surface area contributed by atoms with Crippen LogP contribution >= 0.6 is 0 Å². The molecule has 3 fully saturated rings. The number of carbonyl (C=O) groups excluding carboxylic acids is 1. The highest BCUT2D eigenvalue weighted by Crippen LogP contribution is 2.44. The molecule has 5 rings (SSSR count). The molecule has 33 heavy (non-hydrogen) atoms. The molecule has 0 radical (unpaired) electrons. The number of H-pyrrole nitrogens is 1. The van der Waals surface area contributed by atoms with E-state index in [1.54, 1.807) is 0 Å². The van der Waals surface area contributed by atoms with E-state index in [0.29, 0.717) is 68.8 Å². The topological polar surface area (TPSA) is 121 Å². The number of ether oxygens (including phenoxy) is 2. The van der Waals surface area contributed by atoms with E-state index < -0.39 is 5.54 Å². The number of nitrogens with one attached hydrogen (secondary N) is 2. The van der Waals surface area contributed by atoms with Crippen LogP contribution in [0.4, 0.5) is 23.7 Å². The van der Waals surface area contributed by atoms with Crippen molar-refractivity contribution in [1.82, 2.24) is 25.1 Å². The second-order valence-corrected chi connectivity index (χ2v) is 10.2. The predicted octanol–water partition coefficient (Wildman–Crippen LogP) is 2.22. The molecule has 11 nitrogen and oxygen atoms in total. The van der Waals surface area contributed by atoms with Gasteiger partial charge in [0.25, 0.3) is 0 Å². The van der Waals surface area contributed by atoms with E-state index in [1.165, 1.54) is 20.0 Å². The average Bonchev–Trinajstić information content (AvgIpc) is 3.49. The molecular formula is C22H32N8O3. The van der Waals surface area contributed by atoms with Gasteiger partial charge in [-0.2, -0.15) is 20.1 Å². The number of carbonyl (C=O) groups is 1. The van der Waals surface area contributed by atoms with Gasteiger partial charge in [-0.25, -0.2) is 4.79 Å². The first kappa shape index (κ1) is 21.9. The van der Waals surface area contributed by atoms with Crippen molar-refractivity contribution in [1.29, 1.82) is 0 Å². The number of aromatic amines is 1. The van der Waals surface area contributed by atoms with Crippen molar-refractivity contribution in [3.8, 4) is 0 Å². The summed E-state index contributed by atoms with van der Waals surface area (Å²) in [5.41, 5.74) is 0.147. The molecule has 0 aromatic carbocycles. The quantitative estimate of drug-likeness (QED) is 0.626. The van der Waals surface area contributed by atoms with Gasteiger partial charge in [-0.3, -0.25) is 5.10 Å². The monoisotopic (exact) mass is 456 g/mol. The molecule has 1 saturated carbocycles. The van der Waals surface area contributed by atoms with Gasteiger partial charge in [0.1, 0.15) is 5.54 Å². The molecule has 1 aliphatic carbocycles. The molecule has 11 heteroatoms. The normalized spacial score (nSPS) is 24.7. The number of methoxy groups -OCH3 is 1. The van der Waals surface area contributed by atoms with Crippen LogP contribution in [-0.2, 0) is 14.3 Å². The van der Waals surface area contributed by atoms with Crippen LogP contribution in [0.25, 0.3) is 0 Å². The number of rotatable bonds is 6. The first-order valence-electron chi connectivity index (χ1n) is 11.5. The molecule has 0 spiro atoms. The Balaban J connectivity index is 1.52. The maximum Gasteiger partial charge on any atom is 0.331 e. The number of aromatic nitrogens is 5. The summed E-state index contributed by atoms with van der Waals surface area (Å²) in [5, 5.41) is 10.7. The fourth-order valence-electron chi connectivity index (χ4n) is 4.93. The smallest absolute Gasteiger partial charge is 0.331 e. The first-order chi connectivity index (χ1) is 15.8. The van der Waals surface area contributed by atoms with Crippen molar-refractivity contribution >= 4 is 29.6 Å². The lowest BCUT2D eigenvalue weighted by atomic mass is 9.85. The fraction of sp³-hybridized carbons (Fsp3) is 0.682. The van der Waals surface area contributed by atoms with Crippen LogP contribution in [0.2, 0.25) is 0 Å². The third-order valence-electron chi connectivity index (χ3n) is 6.63. The minimum atomic E-state index is -0.870. The van der Waals surface area contributed by atoms with Crippen LogP contribution in [0.5, 0.6) is 0 Å². The van der Waals surface area contributed by atoms with Crippen molar-refractivity contribution in [2.75, 3.05) is 55.1 Å². The summed E-state index contributed by atoms with van der Waals surface area (Å²) in [6, 6.07) is 2.01. The summed E-state index contributed by atoms with van der Waals surface area (Å²) < 4.78 is 10.7. The molecule has 2 N–H and O–H groups in total. The second-order valence-electron chi connectivity index (χ2n) is 10.2. The lowest BCUT2D eigenvalue weighted by Gasteiger charge is -2.33. The Labute approximate surface area is 193 Å². The van der Waals surface area contributed by atoms with Crippen molar-refractivity contribution in [2.45, 2.75) is 51.5 Å². The van der Waals surface area contributed by atoms with Crippen molar-refractivity contribution < 1.29 is 14.3 Å². The number of esters is 1. The highest BCUT2D eigenvalue weighted by atomic mass is 16.5. The molecule has 1 atom stereocenters. The van der Waals surface area contributed by atoms with E-state index >= 15 is 0 Å². The Morgan fingerprint density at radius 2 is 1.91 bits per heavy atom. The molecule has 2 aromatic rings. The Morgan fingerprint density at radius 3 is 2.61 bits per heavy atom. The van der Waals surface area contributed by atoms with Gasteiger partial charge in [0, 0.05) is 37.3 Å². The van der Waals surface area contributed by atoms with Gasteiger partial charge >= 0.3 is 5.97 Å². The van der Waals surface area contributed by atoms with Crippen LogP contribution in [0.15, 0.2) is 6.07 Å². The van der Waals surface area contributed by atoms with E-state index in [1.807, 2.05) is 17.9 Å². The lowest BCUT2D eigenvalue weighted by Crippen LogP contribution is -2.49. The van der Waals surface area contributed by atoms with Gasteiger partial charge in [-0.05, 0) is 31.6 Å². The van der Waals surface area contributed by atoms with Crippen LogP contribution in [-0.4, -0.2) is 76.6 Å². The first-order valence-corrected chi connectivity index (χ1v) is 11.5. The van der Waals surface area contributed by atoms with E-state index in [4.69, 9.17) is 19.4 Å². The zero-order valence-corrected chi connectivity index (χ0v) is 19.7. The predicted molar refractivity (Wildman–Crippen MR) is 123 cm³/mol. The Kier molecular flexibility index (Phi) is 5.38. The SMILES string of the molecule is COC(=O)C1(C)CC(C)(C)CN1c1nc(Nc2cc(C3CC3)[nH]n2)nc(N2CCOCC2)n1. The number of nitrogens with zero attached hydrogens (tertiary/aromatic N) is 6. The number of hydrogen-bond acceptors (Lipinski definition) is 10. The zero-order valence-electron chi connectivity index (χ0n) is 19.7. The maximum atomic E-state index is 12.9. The van der Waals surface area contributed by atoms with E-state index in [2.05, 4.69) is 39.2 Å². The number of morpholine rings is 1. The van der Waals surface area contributed by atoms with Crippen LogP contribution in [0, 0.1) is 5.41 Å². The minimum absolute atomic E-state index is 0.107. The van der Waals surface area contributed by atoms with Crippen LogP contribution < -0.4 is 15.1 Å². The van der Waals surface area contributed by atoms with Gasteiger partial charge in [0.15, 0.2) is 5.82 Å². The van der Waals surface area contributed by atoms with E-state index in [0.717, 1.165) is 5.69 Å². The standard InChI is InChI=1S/C22H32N8O3/c1-21(2)12-22(3,17(31)32-4)30(13-21)20-25-18(23-16-11-15(27-28-16)14-5-6-14)24-19(26-20)29-7-9-33-10-8-29/h11,14H,5-10,12-13H2,1-4H3,(H2,23,24,25,26,27,28). The van der Waals surface area contributed by atoms with E-state index in [9.17, 15) is 4.79 Å². The molecule has 1 unspecified atom stereocenters. The van der Waals surface area contributed by atoms with Crippen molar-refractivity contribution in [3.05, 3.63) is 11.8 Å². The summed E-state index contributed by atoms with van der Waals surface area (Å²) >= 11 is 0. The molecule has 2 saturated heterocycles. The lowest BCUT2D eigenvalue weighted by molar-refractivity contribution is -0.146. The molecule has 4 heterocycles. The Hall–Kier alpha value is -2.95. The zero-order chi connectivity index (χ0) is 23.2. The molecule has 2 aliphatic heterocycles. The summed E-state index contributed by atoms with van der Waals surface area (Å²) in [6.45, 7) is 9.41. The van der Waals surface area contributed by atoms with Crippen LogP contribution in [0.1, 0.15) is 51.6 Å². The summed E-state index contributed by atoms with van der Waals surface area (Å²) in [7, 11) is 1.42. The maximum absolute atomic E-state index is 12.9. The Morgan fingerprint density at radius 1 is 1.18 bits per heavy atom. The van der Waals surface area contributed by atoms with E-state index in [-0.39, 0.29) is 11.4 Å². The van der Waals surface area contributed by atoms with Crippen molar-refractivity contribution in [2.24, 2.45) is 5.41 Å². The molecule has 0 bridgehead atoms. The highest BCUT2D eigenvalue weighted by molar-refractivity contribution is 5.85. The second kappa shape index (κ2) is 8.12. The number of anilines is 4. The molecule has 2 aromatic heterocycles. The minimum Gasteiger partial charge on any atom is -0.467 e. The number of hydrogen-bond donors (Lipinski definition) is 2. The van der Waals surface area contributed by atoms with Gasteiger partial charge < -0.3 is 24.6 Å².